The molecule has 2 amide bonds. The number of anilines is 2. The average molecular weight is 1050 g/mol. The van der Waals surface area contributed by atoms with Crippen LogP contribution in [0.25, 0.3) is 10.8 Å². The van der Waals surface area contributed by atoms with Gasteiger partial charge in [-0.2, -0.15) is 0 Å². The lowest BCUT2D eigenvalue weighted by atomic mass is 9.78. The topological polar surface area (TPSA) is 245 Å². The number of aliphatic hydroxyl groups excluding tert-OH is 2. The van der Waals surface area contributed by atoms with E-state index in [1.165, 1.54) is 26.4 Å². The molecule has 19 heteroatoms. The number of fused-ring (bicyclic) bond motifs is 13. The number of allylic oxidation sites excluding steroid dienone is 2. The predicted molar refractivity (Wildman–Crippen MR) is 284 cm³/mol. The number of ether oxygens (including phenoxy) is 4. The highest BCUT2D eigenvalue weighted by Gasteiger charge is 2.50. The van der Waals surface area contributed by atoms with Crippen molar-refractivity contribution in [3.63, 3.8) is 0 Å². The first-order valence-corrected chi connectivity index (χ1v) is 26.6. The standard InChI is InChI=1S/C57H75N7O12/c1-31(2)30-62-24-19-57(20-25-62)60-45-42-43-50(69)37(8)53-44(42)54(71)56(9,76-53)74-28-18-38(73-10)34(5)52(75-41(66)29-40(65)64-23-14-22-63(26-27-64)39-17-11-12-21-58-39)36(7)49(68)35(6)48(67)32(3)15-13-16-33(4)55(72)59-47(51(43)70)46(45)61-57/h11-13,15-18,21,28,31-32,34-36,38,48-49,52,67-70H,14,19-20,22-27,29-30H2,1-10H3,(H,59,72)/b15-13+,28-18+,33-16-/t32-,34+,35+,36+,38-,48-,49+,52+,56-/m0/s1. The number of ketones is 1. The molecule has 0 unspecified atom stereocenters. The number of hydrogen-bond donors (Lipinski definition) is 5. The molecule has 2 saturated heterocycles. The van der Waals surface area contributed by atoms with E-state index in [1.54, 1.807) is 70.9 Å². The largest absolute Gasteiger partial charge is 0.507 e. The lowest BCUT2D eigenvalue weighted by Gasteiger charge is -2.38. The first-order valence-electron chi connectivity index (χ1n) is 26.6. The summed E-state index contributed by atoms with van der Waals surface area (Å²) in [6.07, 6.45) is 6.16. The quantitative estimate of drug-likeness (QED) is 0.115. The number of aromatic hydroxyl groups is 2. The van der Waals surface area contributed by atoms with Crippen LogP contribution < -0.4 is 25.7 Å². The minimum absolute atomic E-state index is 0.00617. The van der Waals surface area contributed by atoms with Crippen LogP contribution in [0, 0.1) is 36.5 Å². The van der Waals surface area contributed by atoms with Gasteiger partial charge in [0, 0.05) is 119 Å². The Labute approximate surface area is 444 Å². The molecular weight excluding hydrogens is 975 g/mol. The number of phenolic OH excluding ortho intramolecular Hbond substituents is 2. The predicted octanol–water partition coefficient (Wildman–Crippen LogP) is 5.25. The van der Waals surface area contributed by atoms with Crippen LogP contribution >= 0.6 is 0 Å². The summed E-state index contributed by atoms with van der Waals surface area (Å²) in [6, 6.07) is 5.67. The summed E-state index contributed by atoms with van der Waals surface area (Å²) < 4.78 is 24.7. The van der Waals surface area contributed by atoms with E-state index in [0.717, 1.165) is 12.4 Å². The Balaban J connectivity index is 1.15. The van der Waals surface area contributed by atoms with Crippen molar-refractivity contribution < 1.29 is 58.6 Å². The van der Waals surface area contributed by atoms with E-state index in [-0.39, 0.29) is 49.6 Å². The summed E-state index contributed by atoms with van der Waals surface area (Å²) in [5.41, 5.74) is -0.709. The number of phenols is 2. The van der Waals surface area contributed by atoms with Gasteiger partial charge in [-0.1, -0.05) is 65.8 Å². The van der Waals surface area contributed by atoms with Gasteiger partial charge in [0.25, 0.3) is 11.7 Å². The number of nitrogens with one attached hydrogen (secondary N) is 1. The van der Waals surface area contributed by atoms with Gasteiger partial charge in [0.2, 0.25) is 5.91 Å². The van der Waals surface area contributed by atoms with E-state index < -0.39 is 101 Å². The van der Waals surface area contributed by atoms with Crippen LogP contribution in [0.5, 0.6) is 17.2 Å². The third kappa shape index (κ3) is 11.1. The van der Waals surface area contributed by atoms with Crippen LogP contribution in [0.2, 0.25) is 0 Å². The number of pyridine rings is 1. The molecule has 76 heavy (non-hydrogen) atoms. The maximum Gasteiger partial charge on any atom is 0.315 e. The number of rotatable bonds is 7. The summed E-state index contributed by atoms with van der Waals surface area (Å²) in [5, 5.41) is 51.1. The molecule has 2 fully saturated rings. The highest BCUT2D eigenvalue weighted by Crippen LogP contribution is 2.50. The fourth-order valence-corrected chi connectivity index (χ4v) is 11.4. The molecular formula is C57H75N7O12. The van der Waals surface area contributed by atoms with E-state index in [2.05, 4.69) is 33.9 Å². The molecule has 410 valence electrons. The second-order valence-corrected chi connectivity index (χ2v) is 21.9. The Morgan fingerprint density at radius 1 is 0.895 bits per heavy atom. The molecule has 9 rings (SSSR count). The van der Waals surface area contributed by atoms with Gasteiger partial charge in [-0.25, -0.2) is 4.98 Å². The molecule has 0 aliphatic carbocycles. The zero-order valence-electron chi connectivity index (χ0n) is 45.4. The van der Waals surface area contributed by atoms with Crippen molar-refractivity contribution >= 4 is 45.8 Å². The molecule has 5 N–H and O–H groups in total. The van der Waals surface area contributed by atoms with Gasteiger partial charge in [0.05, 0.1) is 40.9 Å². The third-order valence-electron chi connectivity index (χ3n) is 16.0. The molecule has 6 aliphatic heterocycles. The number of likely N-dealkylation sites (tertiary alicyclic amines) is 1. The van der Waals surface area contributed by atoms with E-state index >= 15 is 0 Å². The van der Waals surface area contributed by atoms with E-state index in [1.807, 2.05) is 18.2 Å². The molecule has 9 atom stereocenters. The maximum absolute atomic E-state index is 15.0. The van der Waals surface area contributed by atoms with Crippen LogP contribution in [0.1, 0.15) is 97.0 Å². The second-order valence-electron chi connectivity index (χ2n) is 21.9. The SMILES string of the molecule is CO[C@H]1/C=C/O[C@@]2(C)Oc3c(C)c(O)c4c(O)c(c5c(c4c3C2=O)=NC2(CCN(CC(C)C)CC2)N=5)NC(=O)/C(C)=C\C=C\[C@H](C)[C@H](O)[C@@H](C)[C@@H](O)[C@@H](C)[C@H](OC(=O)CC(=O)N2CCCN(c3ccccn3)CC2)[C@@H]1C. The molecule has 3 aromatic rings. The van der Waals surface area contributed by atoms with Crippen LogP contribution in [-0.4, -0.2) is 148 Å². The summed E-state index contributed by atoms with van der Waals surface area (Å²) in [4.78, 5) is 77.7. The zero-order valence-corrected chi connectivity index (χ0v) is 45.4. The molecule has 1 spiro atoms. The number of carbonyl (C=O) groups is 4. The molecule has 1 aromatic heterocycles. The van der Waals surface area contributed by atoms with Crippen molar-refractivity contribution in [2.75, 3.05) is 63.1 Å². The average Bonchev–Trinajstić information content (AvgIpc) is 3.88. The van der Waals surface area contributed by atoms with Crippen molar-refractivity contribution in [1.82, 2.24) is 14.8 Å². The Bertz CT molecular complexity index is 2940. The molecule has 0 saturated carbocycles. The highest BCUT2D eigenvalue weighted by atomic mass is 16.7. The zero-order chi connectivity index (χ0) is 55.0. The number of amides is 2. The summed E-state index contributed by atoms with van der Waals surface area (Å²) in [5.74, 6) is -7.02. The first-order chi connectivity index (χ1) is 36.1. The normalized spacial score (nSPS) is 29.9. The number of piperidine rings is 1. The minimum atomic E-state index is -2.03. The van der Waals surface area contributed by atoms with Crippen molar-refractivity contribution in [3.8, 4) is 17.2 Å². The molecule has 2 aromatic carbocycles. The Hall–Kier alpha value is -6.41. The fraction of sp³-hybridized carbons (Fsp3) is 0.561. The number of nitrogens with zero attached hydrogens (tertiary/aromatic N) is 6. The van der Waals surface area contributed by atoms with Crippen LogP contribution in [-0.2, 0) is 28.6 Å². The number of aliphatic hydroxyl groups is 2. The van der Waals surface area contributed by atoms with Gasteiger partial charge in [-0.3, -0.25) is 29.2 Å². The highest BCUT2D eigenvalue weighted by molar-refractivity contribution is 6.19. The Morgan fingerprint density at radius 3 is 2.30 bits per heavy atom. The van der Waals surface area contributed by atoms with Gasteiger partial charge in [-0.05, 0) is 44.4 Å². The Morgan fingerprint density at radius 2 is 1.62 bits per heavy atom. The van der Waals surface area contributed by atoms with Gasteiger partial charge >= 0.3 is 11.8 Å². The van der Waals surface area contributed by atoms with Gasteiger partial charge in [0.15, 0.2) is 11.4 Å². The number of benzene rings is 2. The van der Waals surface area contributed by atoms with Crippen LogP contribution in [0.4, 0.5) is 11.5 Å². The monoisotopic (exact) mass is 1050 g/mol. The minimum Gasteiger partial charge on any atom is -0.507 e. The van der Waals surface area contributed by atoms with Crippen molar-refractivity contribution in [2.45, 2.75) is 124 Å². The first kappa shape index (κ1) is 55.8. The van der Waals surface area contributed by atoms with Gasteiger partial charge in [-0.15, -0.1) is 0 Å². The number of hydrogen-bond acceptors (Lipinski definition) is 17. The molecule has 7 heterocycles. The molecule has 6 aliphatic rings. The number of methoxy groups -OCH3 is 1. The van der Waals surface area contributed by atoms with Crippen molar-refractivity contribution in [1.29, 1.82) is 0 Å². The molecule has 5 bridgehead atoms. The number of carbonyl (C=O) groups excluding carboxylic acids is 4. The molecule has 0 radical (unpaired) electrons. The smallest absolute Gasteiger partial charge is 0.315 e. The lowest BCUT2D eigenvalue weighted by Crippen LogP contribution is -2.47. The van der Waals surface area contributed by atoms with Crippen molar-refractivity contribution in [3.05, 3.63) is 82.4 Å². The second kappa shape index (κ2) is 22.7. The van der Waals surface area contributed by atoms with E-state index in [9.17, 15) is 39.6 Å². The van der Waals surface area contributed by atoms with E-state index in [4.69, 9.17) is 28.9 Å². The van der Waals surface area contributed by atoms with Gasteiger partial charge in [0.1, 0.15) is 40.9 Å². The third-order valence-corrected chi connectivity index (χ3v) is 16.0. The lowest BCUT2D eigenvalue weighted by molar-refractivity contribution is -0.165. The number of esters is 1. The van der Waals surface area contributed by atoms with E-state index in [0.29, 0.717) is 64.4 Å². The van der Waals surface area contributed by atoms with Gasteiger partial charge < -0.3 is 59.4 Å². The maximum atomic E-state index is 15.0. The fourth-order valence-electron chi connectivity index (χ4n) is 11.4. The number of Topliss-reactive ketones (excluding diaryl/α,β-unsaturated/α-hetero) is 1. The summed E-state index contributed by atoms with van der Waals surface area (Å²) >= 11 is 0. The summed E-state index contributed by atoms with van der Waals surface area (Å²) in [7, 11) is 1.44. The van der Waals surface area contributed by atoms with Crippen LogP contribution in [0.15, 0.2) is 70.5 Å². The number of aromatic nitrogens is 1. The molecule has 19 nitrogen and oxygen atoms in total. The Kier molecular flexibility index (Phi) is 16.6. The van der Waals surface area contributed by atoms with Crippen LogP contribution in [0.3, 0.4) is 0 Å². The summed E-state index contributed by atoms with van der Waals surface area (Å²) in [6.45, 7) is 20.1. The van der Waals surface area contributed by atoms with Crippen molar-refractivity contribution in [2.24, 2.45) is 39.6 Å².